The molecule has 0 atom stereocenters. The van der Waals surface area contributed by atoms with Crippen molar-refractivity contribution in [1.29, 1.82) is 0 Å². The molecule has 0 radical (unpaired) electrons. The highest BCUT2D eigenvalue weighted by atomic mass is 16.5. The van der Waals surface area contributed by atoms with Gasteiger partial charge in [0.25, 0.3) is 0 Å². The van der Waals surface area contributed by atoms with Crippen molar-refractivity contribution in [2.24, 2.45) is 0 Å². The maximum Gasteiger partial charge on any atom is 0.488 e. The molecule has 1 heterocycles. The third-order valence-corrected chi connectivity index (χ3v) is 1.48. The molecule has 0 aromatic carbocycles. The summed E-state index contributed by atoms with van der Waals surface area (Å²) in [6.07, 6.45) is 1.31. The van der Waals surface area contributed by atoms with Crippen molar-refractivity contribution in [2.45, 2.75) is 0 Å². The van der Waals surface area contributed by atoms with Crippen LogP contribution in [0.1, 0.15) is 10.5 Å². The van der Waals surface area contributed by atoms with Gasteiger partial charge in [-0.25, -0.2) is 9.78 Å². The second-order valence-electron chi connectivity index (χ2n) is 2.34. The van der Waals surface area contributed by atoms with Crippen LogP contribution in [0.25, 0.3) is 0 Å². The number of pyridine rings is 1. The fourth-order valence-corrected chi connectivity index (χ4v) is 0.824. The van der Waals surface area contributed by atoms with E-state index < -0.39 is 13.1 Å². The summed E-state index contributed by atoms with van der Waals surface area (Å²) in [5.74, 6) is -0.609. The van der Waals surface area contributed by atoms with E-state index in [0.29, 0.717) is 0 Å². The second-order valence-corrected chi connectivity index (χ2v) is 2.34. The van der Waals surface area contributed by atoms with Crippen molar-refractivity contribution in [3.05, 3.63) is 24.0 Å². The summed E-state index contributed by atoms with van der Waals surface area (Å²) in [6.45, 7) is 0. The molecule has 6 heteroatoms. The molecule has 0 aliphatic carbocycles. The van der Waals surface area contributed by atoms with Gasteiger partial charge < -0.3 is 14.8 Å². The third-order valence-electron chi connectivity index (χ3n) is 1.48. The van der Waals surface area contributed by atoms with E-state index in [4.69, 9.17) is 10.0 Å². The molecule has 0 amide bonds. The van der Waals surface area contributed by atoms with E-state index >= 15 is 0 Å². The van der Waals surface area contributed by atoms with Gasteiger partial charge in [0.05, 0.1) is 7.11 Å². The normalized spacial score (nSPS) is 9.46. The fourth-order valence-electron chi connectivity index (χ4n) is 0.824. The molecule has 1 rings (SSSR count). The van der Waals surface area contributed by atoms with Gasteiger partial charge in [-0.1, -0.05) is 0 Å². The highest BCUT2D eigenvalue weighted by Gasteiger charge is 2.14. The molecule has 2 N–H and O–H groups in total. The quantitative estimate of drug-likeness (QED) is 0.430. The van der Waals surface area contributed by atoms with E-state index in [2.05, 4.69) is 9.72 Å². The number of esters is 1. The van der Waals surface area contributed by atoms with Gasteiger partial charge in [-0.3, -0.25) is 0 Å². The van der Waals surface area contributed by atoms with Crippen LogP contribution in [-0.2, 0) is 4.74 Å². The Balaban J connectivity index is 2.98. The molecular formula is C7H8BNO4. The molecule has 1 aromatic heterocycles. The van der Waals surface area contributed by atoms with Crippen LogP contribution in [-0.4, -0.2) is 35.2 Å². The van der Waals surface area contributed by atoms with Gasteiger partial charge in [0.1, 0.15) is 5.69 Å². The van der Waals surface area contributed by atoms with Gasteiger partial charge in [0.2, 0.25) is 0 Å². The molecule has 5 nitrogen and oxygen atoms in total. The first-order valence-electron chi connectivity index (χ1n) is 3.55. The standard InChI is InChI=1S/C7H8BNO4/c1-13-7(10)6-4-5(8(11)12)2-3-9-6/h2-4,11-12H,1H3. The van der Waals surface area contributed by atoms with Gasteiger partial charge >= 0.3 is 13.1 Å². The number of methoxy groups -OCH3 is 1. The lowest BCUT2D eigenvalue weighted by molar-refractivity contribution is 0.0594. The second kappa shape index (κ2) is 4.02. The van der Waals surface area contributed by atoms with Crippen LogP contribution < -0.4 is 5.46 Å². The summed E-state index contributed by atoms with van der Waals surface area (Å²) >= 11 is 0. The zero-order valence-corrected chi connectivity index (χ0v) is 6.97. The number of rotatable bonds is 2. The lowest BCUT2D eigenvalue weighted by Gasteiger charge is -2.01. The maximum atomic E-state index is 10.9. The number of ether oxygens (including phenoxy) is 1. The predicted molar refractivity (Wildman–Crippen MR) is 45.4 cm³/mol. The largest absolute Gasteiger partial charge is 0.488 e. The minimum Gasteiger partial charge on any atom is -0.464 e. The number of carbonyl (C=O) groups excluding carboxylic acids is 1. The average molecular weight is 181 g/mol. The number of hydrogen-bond acceptors (Lipinski definition) is 5. The van der Waals surface area contributed by atoms with Crippen LogP contribution in [0.3, 0.4) is 0 Å². The monoisotopic (exact) mass is 181 g/mol. The van der Waals surface area contributed by atoms with E-state index in [1.807, 2.05) is 0 Å². The van der Waals surface area contributed by atoms with Gasteiger partial charge in [-0.15, -0.1) is 0 Å². The molecule has 0 unspecified atom stereocenters. The van der Waals surface area contributed by atoms with E-state index in [1.165, 1.54) is 25.4 Å². The van der Waals surface area contributed by atoms with E-state index in [9.17, 15) is 4.79 Å². The first kappa shape index (κ1) is 9.69. The Bertz CT molecular complexity index is 315. The molecule has 0 aliphatic heterocycles. The van der Waals surface area contributed by atoms with Crippen LogP contribution in [0.15, 0.2) is 18.3 Å². The summed E-state index contributed by atoms with van der Waals surface area (Å²) < 4.78 is 4.41. The minimum atomic E-state index is -1.61. The Kier molecular flexibility index (Phi) is 3.00. The molecular weight excluding hydrogens is 173 g/mol. The fraction of sp³-hybridized carbons (Fsp3) is 0.143. The van der Waals surface area contributed by atoms with Crippen LogP contribution in [0, 0.1) is 0 Å². The van der Waals surface area contributed by atoms with Crippen LogP contribution >= 0.6 is 0 Å². The molecule has 13 heavy (non-hydrogen) atoms. The Morgan fingerprint density at radius 2 is 2.31 bits per heavy atom. The van der Waals surface area contributed by atoms with Crippen molar-refractivity contribution < 1.29 is 19.6 Å². The lowest BCUT2D eigenvalue weighted by Crippen LogP contribution is -2.30. The SMILES string of the molecule is COC(=O)c1cc(B(O)O)ccn1. The van der Waals surface area contributed by atoms with Crippen molar-refractivity contribution in [3.8, 4) is 0 Å². The predicted octanol–water partition coefficient (Wildman–Crippen LogP) is -1.45. The highest BCUT2D eigenvalue weighted by molar-refractivity contribution is 6.58. The average Bonchev–Trinajstić information content (AvgIpc) is 2.17. The number of carbonyl (C=O) groups is 1. The van der Waals surface area contributed by atoms with E-state index in [1.54, 1.807) is 0 Å². The minimum absolute atomic E-state index is 0.0492. The topological polar surface area (TPSA) is 79.7 Å². The number of hydrogen-bond donors (Lipinski definition) is 2. The van der Waals surface area contributed by atoms with Crippen molar-refractivity contribution in [1.82, 2.24) is 4.98 Å². The molecule has 0 saturated heterocycles. The molecule has 0 spiro atoms. The number of aromatic nitrogens is 1. The van der Waals surface area contributed by atoms with Crippen molar-refractivity contribution in [3.63, 3.8) is 0 Å². The van der Waals surface area contributed by atoms with Gasteiger partial charge in [0, 0.05) is 6.20 Å². The van der Waals surface area contributed by atoms with Crippen molar-refractivity contribution in [2.75, 3.05) is 7.11 Å². The lowest BCUT2D eigenvalue weighted by atomic mass is 9.81. The van der Waals surface area contributed by atoms with Gasteiger partial charge in [-0.2, -0.15) is 0 Å². The molecule has 0 saturated carbocycles. The zero-order chi connectivity index (χ0) is 9.84. The molecule has 0 bridgehead atoms. The van der Waals surface area contributed by atoms with E-state index in [-0.39, 0.29) is 11.2 Å². The third kappa shape index (κ3) is 2.27. The summed E-state index contributed by atoms with van der Waals surface area (Å²) in [7, 11) is -0.377. The smallest absolute Gasteiger partial charge is 0.464 e. The summed E-state index contributed by atoms with van der Waals surface area (Å²) in [4.78, 5) is 14.6. The zero-order valence-electron chi connectivity index (χ0n) is 6.97. The first-order valence-corrected chi connectivity index (χ1v) is 3.55. The Hall–Kier alpha value is -1.40. The molecule has 68 valence electrons. The molecule has 0 aliphatic rings. The van der Waals surface area contributed by atoms with Gasteiger partial charge in [-0.05, 0) is 17.6 Å². The summed E-state index contributed by atoms with van der Waals surface area (Å²) in [5, 5.41) is 17.6. The Labute approximate surface area is 75.1 Å². The molecule has 0 fully saturated rings. The Morgan fingerprint density at radius 1 is 1.62 bits per heavy atom. The maximum absolute atomic E-state index is 10.9. The van der Waals surface area contributed by atoms with Crippen LogP contribution in [0.2, 0.25) is 0 Å². The van der Waals surface area contributed by atoms with Crippen LogP contribution in [0.5, 0.6) is 0 Å². The van der Waals surface area contributed by atoms with Crippen LogP contribution in [0.4, 0.5) is 0 Å². The number of nitrogens with zero attached hydrogens (tertiary/aromatic N) is 1. The Morgan fingerprint density at radius 3 is 2.85 bits per heavy atom. The summed E-state index contributed by atoms with van der Waals surface area (Å²) in [6, 6.07) is 2.66. The highest BCUT2D eigenvalue weighted by Crippen LogP contribution is 1.94. The molecule has 1 aromatic rings. The van der Waals surface area contributed by atoms with Gasteiger partial charge in [0.15, 0.2) is 0 Å². The first-order chi connectivity index (χ1) is 6.15. The van der Waals surface area contributed by atoms with Crippen molar-refractivity contribution >= 4 is 18.6 Å². The summed E-state index contributed by atoms with van der Waals surface area (Å²) in [5.41, 5.74) is 0.253. The van der Waals surface area contributed by atoms with E-state index in [0.717, 1.165) is 0 Å².